The van der Waals surface area contributed by atoms with Crippen LogP contribution in [0.15, 0.2) is 54.6 Å². The number of hydrogen-bond acceptors (Lipinski definition) is 4. The molecule has 4 heteroatoms. The SMILES string of the molecule is CC1CNCCN1c1ccc(NNc2ccccc2)cc1. The van der Waals surface area contributed by atoms with Gasteiger partial charge < -0.3 is 21.1 Å². The zero-order valence-electron chi connectivity index (χ0n) is 12.3. The molecule has 21 heavy (non-hydrogen) atoms. The number of hydrazine groups is 1. The lowest BCUT2D eigenvalue weighted by molar-refractivity contribution is 0.501. The van der Waals surface area contributed by atoms with Crippen LogP contribution in [0, 0.1) is 0 Å². The van der Waals surface area contributed by atoms with Crippen molar-refractivity contribution in [3.63, 3.8) is 0 Å². The summed E-state index contributed by atoms with van der Waals surface area (Å²) in [5.74, 6) is 0. The molecule has 1 heterocycles. The molecule has 3 N–H and O–H groups in total. The van der Waals surface area contributed by atoms with Crippen LogP contribution in [0.5, 0.6) is 0 Å². The third-order valence-corrected chi connectivity index (χ3v) is 3.83. The molecule has 1 saturated heterocycles. The summed E-state index contributed by atoms with van der Waals surface area (Å²) in [5, 5.41) is 3.42. The van der Waals surface area contributed by atoms with E-state index < -0.39 is 0 Å². The third-order valence-electron chi connectivity index (χ3n) is 3.83. The molecule has 2 aromatic rings. The normalized spacial score (nSPS) is 18.3. The van der Waals surface area contributed by atoms with Gasteiger partial charge in [-0.05, 0) is 43.3 Å². The van der Waals surface area contributed by atoms with Gasteiger partial charge in [-0.2, -0.15) is 0 Å². The van der Waals surface area contributed by atoms with E-state index in [0.29, 0.717) is 6.04 Å². The highest BCUT2D eigenvalue weighted by Gasteiger charge is 2.17. The standard InChI is InChI=1S/C17H22N4/c1-14-13-18-11-12-21(14)17-9-7-16(8-10-17)20-19-15-5-3-2-4-6-15/h2-10,14,18-20H,11-13H2,1H3. The molecule has 0 saturated carbocycles. The smallest absolute Gasteiger partial charge is 0.0541 e. The van der Waals surface area contributed by atoms with Gasteiger partial charge in [0.1, 0.15) is 0 Å². The maximum atomic E-state index is 3.42. The maximum absolute atomic E-state index is 3.42. The molecule has 1 aliphatic rings. The summed E-state index contributed by atoms with van der Waals surface area (Å²) < 4.78 is 0. The van der Waals surface area contributed by atoms with E-state index in [-0.39, 0.29) is 0 Å². The van der Waals surface area contributed by atoms with Crippen molar-refractivity contribution in [3.05, 3.63) is 54.6 Å². The molecule has 1 aliphatic heterocycles. The van der Waals surface area contributed by atoms with E-state index >= 15 is 0 Å². The molecule has 0 radical (unpaired) electrons. The second kappa shape index (κ2) is 6.50. The van der Waals surface area contributed by atoms with Gasteiger partial charge in [0.15, 0.2) is 0 Å². The van der Waals surface area contributed by atoms with E-state index in [9.17, 15) is 0 Å². The van der Waals surface area contributed by atoms with Crippen molar-refractivity contribution in [1.82, 2.24) is 5.32 Å². The Bertz CT molecular complexity index is 553. The number of nitrogens with zero attached hydrogens (tertiary/aromatic N) is 1. The van der Waals surface area contributed by atoms with Gasteiger partial charge in [0.2, 0.25) is 0 Å². The molecular weight excluding hydrogens is 260 g/mol. The summed E-state index contributed by atoms with van der Waals surface area (Å²) in [7, 11) is 0. The van der Waals surface area contributed by atoms with Crippen LogP contribution >= 0.6 is 0 Å². The van der Waals surface area contributed by atoms with Crippen LogP contribution in [0.3, 0.4) is 0 Å². The fourth-order valence-corrected chi connectivity index (χ4v) is 2.63. The Hall–Kier alpha value is -2.20. The quantitative estimate of drug-likeness (QED) is 0.754. The van der Waals surface area contributed by atoms with Crippen molar-refractivity contribution in [2.45, 2.75) is 13.0 Å². The van der Waals surface area contributed by atoms with Gasteiger partial charge in [-0.25, -0.2) is 0 Å². The summed E-state index contributed by atoms with van der Waals surface area (Å²) in [5.41, 5.74) is 9.82. The topological polar surface area (TPSA) is 39.3 Å². The molecule has 0 amide bonds. The molecule has 3 rings (SSSR count). The predicted octanol–water partition coefficient (Wildman–Crippen LogP) is 2.92. The van der Waals surface area contributed by atoms with Crippen molar-refractivity contribution in [1.29, 1.82) is 0 Å². The second-order valence-corrected chi connectivity index (χ2v) is 5.41. The lowest BCUT2D eigenvalue weighted by Crippen LogP contribution is -2.49. The van der Waals surface area contributed by atoms with Crippen molar-refractivity contribution in [3.8, 4) is 0 Å². The average molecular weight is 282 g/mol. The first kappa shape index (κ1) is 13.8. The van der Waals surface area contributed by atoms with E-state index in [1.807, 2.05) is 30.3 Å². The Morgan fingerprint density at radius 1 is 0.952 bits per heavy atom. The van der Waals surface area contributed by atoms with Crippen LogP contribution in [0.25, 0.3) is 0 Å². The van der Waals surface area contributed by atoms with E-state index in [2.05, 4.69) is 52.3 Å². The van der Waals surface area contributed by atoms with Crippen LogP contribution in [0.4, 0.5) is 17.1 Å². The van der Waals surface area contributed by atoms with E-state index in [0.717, 1.165) is 31.0 Å². The maximum Gasteiger partial charge on any atom is 0.0541 e. The first-order valence-electron chi connectivity index (χ1n) is 7.47. The number of anilines is 3. The predicted molar refractivity (Wildman–Crippen MR) is 89.8 cm³/mol. The van der Waals surface area contributed by atoms with Gasteiger partial charge in [-0.3, -0.25) is 0 Å². The summed E-state index contributed by atoms with van der Waals surface area (Å²) in [6.07, 6.45) is 0. The van der Waals surface area contributed by atoms with Crippen LogP contribution < -0.4 is 21.1 Å². The van der Waals surface area contributed by atoms with Crippen LogP contribution in [-0.2, 0) is 0 Å². The minimum absolute atomic E-state index is 0.542. The van der Waals surface area contributed by atoms with Gasteiger partial charge in [0.05, 0.1) is 11.4 Å². The Kier molecular flexibility index (Phi) is 4.26. The number of nitrogens with one attached hydrogen (secondary N) is 3. The van der Waals surface area contributed by atoms with Crippen LogP contribution in [-0.4, -0.2) is 25.7 Å². The third kappa shape index (κ3) is 3.47. The molecule has 1 fully saturated rings. The molecule has 0 spiro atoms. The summed E-state index contributed by atoms with van der Waals surface area (Å²) in [4.78, 5) is 2.45. The second-order valence-electron chi connectivity index (χ2n) is 5.41. The number of benzene rings is 2. The fourth-order valence-electron chi connectivity index (χ4n) is 2.63. The van der Waals surface area contributed by atoms with Crippen molar-refractivity contribution in [2.75, 3.05) is 35.4 Å². The molecule has 0 aliphatic carbocycles. The Morgan fingerprint density at radius 2 is 1.62 bits per heavy atom. The monoisotopic (exact) mass is 282 g/mol. The molecule has 1 atom stereocenters. The van der Waals surface area contributed by atoms with Crippen molar-refractivity contribution >= 4 is 17.1 Å². The van der Waals surface area contributed by atoms with E-state index in [1.165, 1.54) is 5.69 Å². The van der Waals surface area contributed by atoms with E-state index in [1.54, 1.807) is 0 Å². The Balaban J connectivity index is 1.61. The number of para-hydroxylation sites is 1. The van der Waals surface area contributed by atoms with Crippen molar-refractivity contribution in [2.24, 2.45) is 0 Å². The minimum atomic E-state index is 0.542. The molecule has 0 bridgehead atoms. The Labute approximate surface area is 126 Å². The average Bonchev–Trinajstić information content (AvgIpc) is 2.55. The van der Waals surface area contributed by atoms with Crippen LogP contribution in [0.2, 0.25) is 0 Å². The molecule has 1 unspecified atom stereocenters. The largest absolute Gasteiger partial charge is 0.366 e. The van der Waals surface area contributed by atoms with Crippen molar-refractivity contribution < 1.29 is 0 Å². The minimum Gasteiger partial charge on any atom is -0.366 e. The van der Waals surface area contributed by atoms with Gasteiger partial charge in [0, 0.05) is 31.4 Å². The van der Waals surface area contributed by atoms with Gasteiger partial charge in [-0.1, -0.05) is 18.2 Å². The van der Waals surface area contributed by atoms with Crippen LogP contribution in [0.1, 0.15) is 6.92 Å². The van der Waals surface area contributed by atoms with Gasteiger partial charge in [0.25, 0.3) is 0 Å². The van der Waals surface area contributed by atoms with Gasteiger partial charge >= 0.3 is 0 Å². The highest BCUT2D eigenvalue weighted by atomic mass is 15.4. The zero-order valence-corrected chi connectivity index (χ0v) is 12.3. The summed E-state index contributed by atoms with van der Waals surface area (Å²) >= 11 is 0. The Morgan fingerprint density at radius 3 is 2.29 bits per heavy atom. The lowest BCUT2D eigenvalue weighted by Gasteiger charge is -2.36. The lowest BCUT2D eigenvalue weighted by atomic mass is 10.1. The summed E-state index contributed by atoms with van der Waals surface area (Å²) in [6, 6.07) is 19.2. The molecule has 110 valence electrons. The zero-order chi connectivity index (χ0) is 14.5. The first-order valence-corrected chi connectivity index (χ1v) is 7.47. The highest BCUT2D eigenvalue weighted by molar-refractivity contribution is 5.58. The molecular formula is C17H22N4. The number of hydrogen-bond donors (Lipinski definition) is 3. The first-order chi connectivity index (χ1) is 10.3. The fraction of sp³-hybridized carbons (Fsp3) is 0.294. The highest BCUT2D eigenvalue weighted by Crippen LogP contribution is 2.21. The number of rotatable bonds is 4. The number of piperazine rings is 1. The van der Waals surface area contributed by atoms with Gasteiger partial charge in [-0.15, -0.1) is 0 Å². The molecule has 4 nitrogen and oxygen atoms in total. The summed E-state index contributed by atoms with van der Waals surface area (Å²) in [6.45, 7) is 5.43. The molecule has 2 aromatic carbocycles. The molecule has 0 aromatic heterocycles. The van der Waals surface area contributed by atoms with E-state index in [4.69, 9.17) is 0 Å².